The molecular weight excluding hydrogens is 247 g/mol. The summed E-state index contributed by atoms with van der Waals surface area (Å²) in [5.41, 5.74) is 0. The van der Waals surface area contributed by atoms with Crippen LogP contribution in [0, 0.1) is 11.8 Å². The molecule has 0 bridgehead atoms. The quantitative estimate of drug-likeness (QED) is 0.436. The predicted octanol–water partition coefficient (Wildman–Crippen LogP) is 6.69. The van der Waals surface area contributed by atoms with Crippen LogP contribution >= 0.6 is 7.26 Å². The van der Waals surface area contributed by atoms with Crippen molar-refractivity contribution < 1.29 is 0 Å². The van der Waals surface area contributed by atoms with Crippen LogP contribution in [0.1, 0.15) is 81.1 Å². The smallest absolute Gasteiger partial charge is 0.0654 e. The van der Waals surface area contributed by atoms with Gasteiger partial charge >= 0.3 is 0 Å². The Bertz CT molecular complexity index is 237. The first-order valence-electron chi connectivity index (χ1n) is 8.30. The third-order valence-electron chi connectivity index (χ3n) is 6.74. The summed E-state index contributed by atoms with van der Waals surface area (Å²) in [6.07, 6.45) is 5.37. The lowest BCUT2D eigenvalue weighted by molar-refractivity contribution is 0.374. The SMILES string of the molecule is CCCC(C)C(C)(C)[P+](C)(C)C(C)(C)C(C)CCC. The standard InChI is InChI=1S/C18H40P/c1-11-13-15(3)17(5,6)19(9,10)18(7,8)16(4)14-12-2/h15-16H,11-14H2,1-10H3/q+1. The van der Waals surface area contributed by atoms with E-state index >= 15 is 0 Å². The number of hydrogen-bond acceptors (Lipinski definition) is 0. The van der Waals surface area contributed by atoms with Gasteiger partial charge in [0.1, 0.15) is 0 Å². The fourth-order valence-corrected chi connectivity index (χ4v) is 7.36. The molecule has 0 radical (unpaired) electrons. The van der Waals surface area contributed by atoms with Crippen molar-refractivity contribution >= 4 is 7.26 Å². The van der Waals surface area contributed by atoms with Crippen LogP contribution in [-0.2, 0) is 0 Å². The summed E-state index contributed by atoms with van der Waals surface area (Å²) in [4.78, 5) is 0. The molecular formula is C18H40P+. The van der Waals surface area contributed by atoms with Crippen molar-refractivity contribution in [3.63, 3.8) is 0 Å². The van der Waals surface area contributed by atoms with E-state index in [1.165, 1.54) is 25.7 Å². The fraction of sp³-hybridized carbons (Fsp3) is 1.00. The minimum absolute atomic E-state index is 0.481. The third kappa shape index (κ3) is 3.75. The predicted molar refractivity (Wildman–Crippen MR) is 95.1 cm³/mol. The highest BCUT2D eigenvalue weighted by molar-refractivity contribution is 7.77. The molecule has 19 heavy (non-hydrogen) atoms. The molecule has 0 aliphatic rings. The zero-order valence-corrected chi connectivity index (χ0v) is 16.3. The van der Waals surface area contributed by atoms with Crippen molar-refractivity contribution in [1.29, 1.82) is 0 Å². The van der Waals surface area contributed by atoms with Crippen molar-refractivity contribution in [2.45, 2.75) is 91.4 Å². The molecule has 0 aromatic carbocycles. The van der Waals surface area contributed by atoms with Crippen LogP contribution in [0.4, 0.5) is 0 Å². The molecule has 116 valence electrons. The Balaban J connectivity index is 5.32. The molecule has 2 atom stereocenters. The van der Waals surface area contributed by atoms with Crippen LogP contribution in [0.25, 0.3) is 0 Å². The van der Waals surface area contributed by atoms with Crippen LogP contribution < -0.4 is 0 Å². The summed E-state index contributed by atoms with van der Waals surface area (Å²) in [6, 6.07) is 0. The largest absolute Gasteiger partial charge is 0.0768 e. The second kappa shape index (κ2) is 6.93. The van der Waals surface area contributed by atoms with Gasteiger partial charge in [-0.05, 0) is 52.4 Å². The van der Waals surface area contributed by atoms with E-state index in [0.29, 0.717) is 10.3 Å². The van der Waals surface area contributed by atoms with E-state index in [1.807, 2.05) is 0 Å². The molecule has 0 aliphatic heterocycles. The van der Waals surface area contributed by atoms with Gasteiger partial charge in [-0.3, -0.25) is 0 Å². The minimum Gasteiger partial charge on any atom is -0.0654 e. The molecule has 0 aromatic rings. The van der Waals surface area contributed by atoms with E-state index in [-0.39, 0.29) is 0 Å². The van der Waals surface area contributed by atoms with E-state index < -0.39 is 7.26 Å². The van der Waals surface area contributed by atoms with Gasteiger partial charge < -0.3 is 0 Å². The molecule has 0 saturated carbocycles. The third-order valence-corrected chi connectivity index (χ3v) is 13.4. The van der Waals surface area contributed by atoms with E-state index in [9.17, 15) is 0 Å². The molecule has 0 heterocycles. The normalized spacial score (nSPS) is 17.4. The Morgan fingerprint density at radius 1 is 0.737 bits per heavy atom. The van der Waals surface area contributed by atoms with Crippen LogP contribution in [0.2, 0.25) is 0 Å². The summed E-state index contributed by atoms with van der Waals surface area (Å²) < 4.78 is 0. The molecule has 0 rings (SSSR count). The van der Waals surface area contributed by atoms with Crippen LogP contribution in [-0.4, -0.2) is 23.6 Å². The maximum atomic E-state index is 2.62. The maximum Gasteiger partial charge on any atom is 0.0768 e. The number of hydrogen-bond donors (Lipinski definition) is 0. The molecule has 0 spiro atoms. The molecule has 1 heteroatoms. The Kier molecular flexibility index (Phi) is 7.08. The van der Waals surface area contributed by atoms with E-state index in [0.717, 1.165) is 11.8 Å². The Hall–Kier alpha value is 0.430. The molecule has 0 amide bonds. The second-order valence-corrected chi connectivity index (χ2v) is 13.4. The van der Waals surface area contributed by atoms with Gasteiger partial charge in [-0.2, -0.15) is 0 Å². The summed E-state index contributed by atoms with van der Waals surface area (Å²) in [5.74, 6) is 1.66. The fourth-order valence-electron chi connectivity index (χ4n) is 3.42. The summed E-state index contributed by atoms with van der Waals surface area (Å²) >= 11 is 0. The second-order valence-electron chi connectivity index (χ2n) is 8.14. The van der Waals surface area contributed by atoms with Crippen LogP contribution in [0.3, 0.4) is 0 Å². The van der Waals surface area contributed by atoms with E-state index in [4.69, 9.17) is 0 Å². The summed E-state index contributed by atoms with van der Waals surface area (Å²) in [7, 11) is -1.02. The first kappa shape index (κ1) is 19.4. The highest BCUT2D eigenvalue weighted by Gasteiger charge is 2.58. The molecule has 0 aliphatic carbocycles. The van der Waals surface area contributed by atoms with Crippen LogP contribution in [0.15, 0.2) is 0 Å². The van der Waals surface area contributed by atoms with Gasteiger partial charge in [0, 0.05) is 20.6 Å². The summed E-state index contributed by atoms with van der Waals surface area (Å²) in [6.45, 7) is 25.0. The number of rotatable bonds is 8. The Morgan fingerprint density at radius 3 is 1.21 bits per heavy atom. The lowest BCUT2D eigenvalue weighted by Crippen LogP contribution is -2.44. The van der Waals surface area contributed by atoms with Crippen molar-refractivity contribution in [2.75, 3.05) is 13.3 Å². The first-order chi connectivity index (χ1) is 8.46. The van der Waals surface area contributed by atoms with E-state index in [1.54, 1.807) is 0 Å². The van der Waals surface area contributed by atoms with Crippen molar-refractivity contribution in [3.8, 4) is 0 Å². The average molecular weight is 287 g/mol. The van der Waals surface area contributed by atoms with Crippen molar-refractivity contribution in [1.82, 2.24) is 0 Å². The summed E-state index contributed by atoms with van der Waals surface area (Å²) in [5, 5.41) is 0.961. The Morgan fingerprint density at radius 2 is 1.00 bits per heavy atom. The lowest BCUT2D eigenvalue weighted by atomic mass is 9.91. The Labute approximate surface area is 124 Å². The molecule has 0 saturated heterocycles. The van der Waals surface area contributed by atoms with Gasteiger partial charge in [0.15, 0.2) is 0 Å². The van der Waals surface area contributed by atoms with Gasteiger partial charge in [-0.1, -0.05) is 40.5 Å². The zero-order chi connectivity index (χ0) is 15.5. The van der Waals surface area contributed by atoms with Gasteiger partial charge in [-0.25, -0.2) is 0 Å². The molecule has 0 fully saturated rings. The first-order valence-corrected chi connectivity index (χ1v) is 11.0. The van der Waals surface area contributed by atoms with Gasteiger partial charge in [0.25, 0.3) is 0 Å². The van der Waals surface area contributed by atoms with Gasteiger partial charge in [-0.15, -0.1) is 0 Å². The monoisotopic (exact) mass is 287 g/mol. The maximum absolute atomic E-state index is 2.62. The van der Waals surface area contributed by atoms with Gasteiger partial charge in [0.05, 0.1) is 10.3 Å². The zero-order valence-electron chi connectivity index (χ0n) is 15.4. The minimum atomic E-state index is -1.02. The van der Waals surface area contributed by atoms with Crippen molar-refractivity contribution in [3.05, 3.63) is 0 Å². The highest BCUT2D eigenvalue weighted by Crippen LogP contribution is 2.75. The van der Waals surface area contributed by atoms with Gasteiger partial charge in [0.2, 0.25) is 0 Å². The molecule has 0 aromatic heterocycles. The molecule has 0 nitrogen and oxygen atoms in total. The topological polar surface area (TPSA) is 0 Å². The molecule has 0 N–H and O–H groups in total. The van der Waals surface area contributed by atoms with Crippen LogP contribution in [0.5, 0.6) is 0 Å². The van der Waals surface area contributed by atoms with Crippen molar-refractivity contribution in [2.24, 2.45) is 11.8 Å². The van der Waals surface area contributed by atoms with E-state index in [2.05, 4.69) is 68.7 Å². The lowest BCUT2D eigenvalue weighted by Gasteiger charge is -2.51. The average Bonchev–Trinajstić information content (AvgIpc) is 2.28. The molecule has 2 unspecified atom stereocenters. The highest BCUT2D eigenvalue weighted by atomic mass is 31.2.